The van der Waals surface area contributed by atoms with Gasteiger partial charge in [0.1, 0.15) is 5.82 Å². The van der Waals surface area contributed by atoms with Crippen LogP contribution in [0.3, 0.4) is 0 Å². The molecule has 0 saturated heterocycles. The molecule has 1 aromatic carbocycles. The van der Waals surface area contributed by atoms with Gasteiger partial charge >= 0.3 is 5.97 Å². The molecule has 0 spiro atoms. The molecule has 3 rings (SSSR count). The highest BCUT2D eigenvalue weighted by atomic mass is 16.5. The number of carbonyl (C=O) groups is 1. The maximum atomic E-state index is 11.7. The van der Waals surface area contributed by atoms with Crippen molar-refractivity contribution in [2.24, 2.45) is 0 Å². The van der Waals surface area contributed by atoms with Crippen molar-refractivity contribution < 1.29 is 9.53 Å². The molecule has 1 atom stereocenters. The minimum absolute atomic E-state index is 0.289. The second-order valence-corrected chi connectivity index (χ2v) is 6.79. The molecule has 0 bridgehead atoms. The second kappa shape index (κ2) is 7.72. The van der Waals surface area contributed by atoms with Crippen LogP contribution in [0.2, 0.25) is 0 Å². The molecule has 1 aliphatic heterocycles. The van der Waals surface area contributed by atoms with Crippen molar-refractivity contribution in [3.63, 3.8) is 0 Å². The van der Waals surface area contributed by atoms with Crippen LogP contribution in [0.15, 0.2) is 24.3 Å². The van der Waals surface area contributed by atoms with Crippen LogP contribution in [-0.2, 0) is 17.7 Å². The topological polar surface area (TPSA) is 67.4 Å². The molecule has 6 heteroatoms. The van der Waals surface area contributed by atoms with E-state index in [1.807, 2.05) is 31.2 Å². The number of anilines is 2. The lowest BCUT2D eigenvalue weighted by atomic mass is 9.97. The smallest absolute Gasteiger partial charge is 0.337 e. The molecule has 1 aromatic heterocycles. The SMILES string of the molecule is CC[C@@H](C)Nc1nc(C)cc(N2CCc3cc(C(=O)OC)ccc3C2)n1. The summed E-state index contributed by atoms with van der Waals surface area (Å²) in [5, 5.41) is 3.36. The molecule has 26 heavy (non-hydrogen) atoms. The van der Waals surface area contributed by atoms with Gasteiger partial charge in [0.2, 0.25) is 5.95 Å². The normalized spacial score (nSPS) is 14.5. The number of rotatable bonds is 5. The first-order valence-electron chi connectivity index (χ1n) is 9.07. The van der Waals surface area contributed by atoms with E-state index in [9.17, 15) is 4.79 Å². The van der Waals surface area contributed by atoms with Crippen molar-refractivity contribution in [3.05, 3.63) is 46.6 Å². The zero-order chi connectivity index (χ0) is 18.7. The van der Waals surface area contributed by atoms with E-state index in [0.717, 1.165) is 37.4 Å². The van der Waals surface area contributed by atoms with Crippen molar-refractivity contribution in [1.82, 2.24) is 9.97 Å². The van der Waals surface area contributed by atoms with Gasteiger partial charge in [0.25, 0.3) is 0 Å². The van der Waals surface area contributed by atoms with Gasteiger partial charge in [-0.15, -0.1) is 0 Å². The molecular weight excluding hydrogens is 328 g/mol. The number of fused-ring (bicyclic) bond motifs is 1. The van der Waals surface area contributed by atoms with Gasteiger partial charge in [-0.2, -0.15) is 4.98 Å². The number of hydrogen-bond donors (Lipinski definition) is 1. The molecular formula is C20H26N4O2. The molecule has 0 amide bonds. The van der Waals surface area contributed by atoms with E-state index in [2.05, 4.69) is 29.0 Å². The maximum Gasteiger partial charge on any atom is 0.337 e. The van der Waals surface area contributed by atoms with Gasteiger partial charge in [-0.3, -0.25) is 0 Å². The fraction of sp³-hybridized carbons (Fsp3) is 0.450. The Morgan fingerprint density at radius 3 is 2.85 bits per heavy atom. The van der Waals surface area contributed by atoms with E-state index in [0.29, 0.717) is 17.6 Å². The molecule has 0 aliphatic carbocycles. The highest BCUT2D eigenvalue weighted by Gasteiger charge is 2.20. The first kappa shape index (κ1) is 18.2. The molecule has 1 aliphatic rings. The van der Waals surface area contributed by atoms with Crippen molar-refractivity contribution >= 4 is 17.7 Å². The van der Waals surface area contributed by atoms with E-state index in [1.165, 1.54) is 18.2 Å². The van der Waals surface area contributed by atoms with Crippen LogP contribution >= 0.6 is 0 Å². The number of esters is 1. The monoisotopic (exact) mass is 354 g/mol. The maximum absolute atomic E-state index is 11.7. The number of aryl methyl sites for hydroxylation is 1. The standard InChI is InChI=1S/C20H26N4O2/c1-5-13(2)21-20-22-14(3)10-18(23-20)24-9-8-15-11-16(19(25)26-4)6-7-17(15)12-24/h6-7,10-11,13H,5,8-9,12H2,1-4H3,(H,21,22,23)/t13-/m1/s1. The number of ether oxygens (including phenoxy) is 1. The van der Waals surface area contributed by atoms with Gasteiger partial charge in [0.05, 0.1) is 12.7 Å². The molecule has 0 saturated carbocycles. The molecule has 2 aromatic rings. The largest absolute Gasteiger partial charge is 0.465 e. The summed E-state index contributed by atoms with van der Waals surface area (Å²) in [5.41, 5.74) is 3.98. The summed E-state index contributed by atoms with van der Waals surface area (Å²) in [6, 6.07) is 8.15. The number of benzene rings is 1. The highest BCUT2D eigenvalue weighted by molar-refractivity contribution is 5.89. The second-order valence-electron chi connectivity index (χ2n) is 6.79. The predicted molar refractivity (Wildman–Crippen MR) is 103 cm³/mol. The third-order valence-corrected chi connectivity index (χ3v) is 4.79. The summed E-state index contributed by atoms with van der Waals surface area (Å²) in [5.74, 6) is 1.33. The van der Waals surface area contributed by atoms with E-state index in [1.54, 1.807) is 0 Å². The Kier molecular flexibility index (Phi) is 5.40. The van der Waals surface area contributed by atoms with Gasteiger partial charge in [-0.25, -0.2) is 9.78 Å². The van der Waals surface area contributed by atoms with Gasteiger partial charge < -0.3 is 15.0 Å². The Bertz CT molecular complexity index is 806. The Hall–Kier alpha value is -2.63. The fourth-order valence-corrected chi connectivity index (χ4v) is 3.09. The molecule has 0 fully saturated rings. The van der Waals surface area contributed by atoms with E-state index in [4.69, 9.17) is 9.72 Å². The Morgan fingerprint density at radius 1 is 1.31 bits per heavy atom. The lowest BCUT2D eigenvalue weighted by Gasteiger charge is -2.30. The summed E-state index contributed by atoms with van der Waals surface area (Å²) in [6.07, 6.45) is 1.89. The van der Waals surface area contributed by atoms with Crippen LogP contribution in [0.4, 0.5) is 11.8 Å². The van der Waals surface area contributed by atoms with E-state index >= 15 is 0 Å². The van der Waals surface area contributed by atoms with Gasteiger partial charge in [-0.1, -0.05) is 13.0 Å². The Morgan fingerprint density at radius 2 is 2.12 bits per heavy atom. The Labute approximate surface area is 154 Å². The minimum Gasteiger partial charge on any atom is -0.465 e. The highest BCUT2D eigenvalue weighted by Crippen LogP contribution is 2.25. The van der Waals surface area contributed by atoms with Crippen molar-refractivity contribution in [3.8, 4) is 0 Å². The number of aromatic nitrogens is 2. The van der Waals surface area contributed by atoms with Crippen LogP contribution in [0, 0.1) is 6.92 Å². The summed E-state index contributed by atoms with van der Waals surface area (Å²) < 4.78 is 4.81. The summed E-state index contributed by atoms with van der Waals surface area (Å²) in [7, 11) is 1.41. The third kappa shape index (κ3) is 3.95. The quantitative estimate of drug-likeness (QED) is 0.831. The van der Waals surface area contributed by atoms with E-state index < -0.39 is 0 Å². The van der Waals surface area contributed by atoms with E-state index in [-0.39, 0.29) is 5.97 Å². The average molecular weight is 354 g/mol. The van der Waals surface area contributed by atoms with Gasteiger partial charge in [0.15, 0.2) is 0 Å². The number of nitrogens with one attached hydrogen (secondary N) is 1. The number of nitrogens with zero attached hydrogens (tertiary/aromatic N) is 3. The first-order valence-corrected chi connectivity index (χ1v) is 9.07. The number of hydrogen-bond acceptors (Lipinski definition) is 6. The number of carbonyl (C=O) groups excluding carboxylic acids is 1. The molecule has 0 unspecified atom stereocenters. The molecule has 1 N–H and O–H groups in total. The van der Waals surface area contributed by atoms with Crippen molar-refractivity contribution in [2.75, 3.05) is 23.9 Å². The average Bonchev–Trinajstić information content (AvgIpc) is 2.65. The van der Waals surface area contributed by atoms with Crippen molar-refractivity contribution in [2.45, 2.75) is 46.2 Å². The van der Waals surface area contributed by atoms with Gasteiger partial charge in [-0.05, 0) is 49.9 Å². The van der Waals surface area contributed by atoms with Crippen LogP contribution in [0.5, 0.6) is 0 Å². The molecule has 138 valence electrons. The predicted octanol–water partition coefficient (Wildman–Crippen LogP) is 3.34. The molecule has 2 heterocycles. The Balaban J connectivity index is 1.81. The molecule has 6 nitrogen and oxygen atoms in total. The summed E-state index contributed by atoms with van der Waals surface area (Å²) in [6.45, 7) is 7.89. The lowest BCUT2D eigenvalue weighted by molar-refractivity contribution is 0.0600. The van der Waals surface area contributed by atoms with Crippen LogP contribution in [0.25, 0.3) is 0 Å². The molecule has 0 radical (unpaired) electrons. The van der Waals surface area contributed by atoms with Gasteiger partial charge in [0, 0.05) is 30.9 Å². The zero-order valence-electron chi connectivity index (χ0n) is 15.9. The summed E-state index contributed by atoms with van der Waals surface area (Å²) >= 11 is 0. The summed E-state index contributed by atoms with van der Waals surface area (Å²) in [4.78, 5) is 23.2. The zero-order valence-corrected chi connectivity index (χ0v) is 15.9. The first-order chi connectivity index (χ1) is 12.5. The van der Waals surface area contributed by atoms with Crippen LogP contribution in [-0.4, -0.2) is 35.6 Å². The minimum atomic E-state index is -0.289. The number of methoxy groups -OCH3 is 1. The fourth-order valence-electron chi connectivity index (χ4n) is 3.09. The van der Waals surface area contributed by atoms with Crippen LogP contribution < -0.4 is 10.2 Å². The van der Waals surface area contributed by atoms with Crippen molar-refractivity contribution in [1.29, 1.82) is 0 Å². The third-order valence-electron chi connectivity index (χ3n) is 4.79. The van der Waals surface area contributed by atoms with Crippen LogP contribution in [0.1, 0.15) is 47.4 Å². The lowest BCUT2D eigenvalue weighted by Crippen LogP contribution is -2.31.